The molecule has 0 aromatic heterocycles. The molecule has 1 nitrogen and oxygen atoms in total. The summed E-state index contributed by atoms with van der Waals surface area (Å²) in [5.41, 5.74) is 0. The zero-order chi connectivity index (χ0) is 10.3. The molecule has 0 amide bonds. The van der Waals surface area contributed by atoms with E-state index in [1.54, 1.807) is 0 Å². The lowest BCUT2D eigenvalue weighted by atomic mass is 10.1. The maximum Gasteiger partial charge on any atom is 0.231 e. The number of aliphatic hydroxyl groups is 1. The molecule has 0 bridgehead atoms. The van der Waals surface area contributed by atoms with Crippen molar-refractivity contribution in [2.24, 2.45) is 0 Å². The Balaban J connectivity index is 3.32. The van der Waals surface area contributed by atoms with Crippen LogP contribution >= 0.6 is 34.8 Å². The number of hydrogen-bond donors (Lipinski definition) is 1. The van der Waals surface area contributed by atoms with E-state index in [1.165, 1.54) is 19.3 Å². The van der Waals surface area contributed by atoms with Crippen LogP contribution in [-0.4, -0.2) is 15.0 Å². The Morgan fingerprint density at radius 3 is 2.15 bits per heavy atom. The molecule has 0 aliphatic rings. The maximum atomic E-state index is 9.09. The highest BCUT2D eigenvalue weighted by Gasteiger charge is 2.29. The Morgan fingerprint density at radius 1 is 1.15 bits per heavy atom. The van der Waals surface area contributed by atoms with Gasteiger partial charge in [-0.05, 0) is 6.42 Å². The molecular formula is C9H17Cl3O. The van der Waals surface area contributed by atoms with Crippen molar-refractivity contribution in [3.63, 3.8) is 0 Å². The SMILES string of the molecule is CCCCCCCC(Cl)C(O)(Cl)Cl. The number of halogens is 3. The van der Waals surface area contributed by atoms with E-state index >= 15 is 0 Å². The minimum Gasteiger partial charge on any atom is -0.361 e. The van der Waals surface area contributed by atoms with Crippen molar-refractivity contribution in [3.8, 4) is 0 Å². The van der Waals surface area contributed by atoms with Crippen LogP contribution in [0.15, 0.2) is 0 Å². The van der Waals surface area contributed by atoms with Crippen LogP contribution in [0.25, 0.3) is 0 Å². The lowest BCUT2D eigenvalue weighted by Crippen LogP contribution is -2.25. The van der Waals surface area contributed by atoms with Crippen LogP contribution in [0.1, 0.15) is 45.4 Å². The Morgan fingerprint density at radius 2 is 1.69 bits per heavy atom. The molecular weight excluding hydrogens is 230 g/mol. The predicted molar refractivity (Wildman–Crippen MR) is 59.7 cm³/mol. The first-order valence-corrected chi connectivity index (χ1v) is 5.92. The third-order valence-electron chi connectivity index (χ3n) is 1.94. The van der Waals surface area contributed by atoms with Crippen LogP contribution in [0.3, 0.4) is 0 Å². The molecule has 1 atom stereocenters. The van der Waals surface area contributed by atoms with Crippen molar-refractivity contribution < 1.29 is 5.11 Å². The van der Waals surface area contributed by atoms with Crippen LogP contribution < -0.4 is 0 Å². The van der Waals surface area contributed by atoms with Crippen molar-refractivity contribution in [3.05, 3.63) is 0 Å². The van der Waals surface area contributed by atoms with Gasteiger partial charge in [-0.15, -0.1) is 11.6 Å². The van der Waals surface area contributed by atoms with E-state index in [2.05, 4.69) is 6.92 Å². The molecule has 0 aliphatic heterocycles. The molecule has 0 radical (unpaired) electrons. The van der Waals surface area contributed by atoms with Crippen molar-refractivity contribution in [2.45, 2.75) is 55.3 Å². The second-order valence-electron chi connectivity index (χ2n) is 3.26. The van der Waals surface area contributed by atoms with Gasteiger partial charge in [-0.25, -0.2) is 0 Å². The molecule has 13 heavy (non-hydrogen) atoms. The van der Waals surface area contributed by atoms with Crippen molar-refractivity contribution in [1.82, 2.24) is 0 Å². The molecule has 0 aliphatic carbocycles. The molecule has 80 valence electrons. The Kier molecular flexibility index (Phi) is 7.62. The summed E-state index contributed by atoms with van der Waals surface area (Å²) in [5, 5.41) is 8.52. The minimum atomic E-state index is -1.79. The molecule has 4 heteroatoms. The first kappa shape index (κ1) is 13.8. The lowest BCUT2D eigenvalue weighted by molar-refractivity contribution is 0.203. The van der Waals surface area contributed by atoms with Crippen LogP contribution in [-0.2, 0) is 0 Å². The monoisotopic (exact) mass is 246 g/mol. The average molecular weight is 248 g/mol. The summed E-state index contributed by atoms with van der Waals surface area (Å²) < 4.78 is -1.79. The summed E-state index contributed by atoms with van der Waals surface area (Å²) in [7, 11) is 0. The van der Waals surface area contributed by atoms with Gasteiger partial charge in [0.15, 0.2) is 0 Å². The second-order valence-corrected chi connectivity index (χ2v) is 5.13. The van der Waals surface area contributed by atoms with E-state index in [4.69, 9.17) is 39.9 Å². The Hall–Kier alpha value is 0.830. The number of unbranched alkanes of at least 4 members (excludes halogenated alkanes) is 4. The van der Waals surface area contributed by atoms with E-state index in [-0.39, 0.29) is 0 Å². The number of alkyl halides is 3. The van der Waals surface area contributed by atoms with Gasteiger partial charge in [0.2, 0.25) is 4.52 Å². The van der Waals surface area contributed by atoms with Crippen molar-refractivity contribution >= 4 is 34.8 Å². The van der Waals surface area contributed by atoms with Crippen LogP contribution in [0.4, 0.5) is 0 Å². The standard InChI is InChI=1S/C9H17Cl3O/c1-2-3-4-5-6-7-8(10)9(11,12)13/h8,13H,2-7H2,1H3. The first-order chi connectivity index (χ1) is 5.98. The Labute approximate surface area is 95.4 Å². The van der Waals surface area contributed by atoms with Gasteiger partial charge < -0.3 is 5.11 Å². The molecule has 1 N–H and O–H groups in total. The van der Waals surface area contributed by atoms with Gasteiger partial charge in [0.1, 0.15) is 0 Å². The van der Waals surface area contributed by atoms with Crippen LogP contribution in [0.5, 0.6) is 0 Å². The fourth-order valence-electron chi connectivity index (χ4n) is 1.10. The predicted octanol–water partition coefficient (Wildman–Crippen LogP) is 4.08. The van der Waals surface area contributed by atoms with Crippen LogP contribution in [0.2, 0.25) is 0 Å². The van der Waals surface area contributed by atoms with Gasteiger partial charge >= 0.3 is 0 Å². The normalized spacial score (nSPS) is 14.5. The quantitative estimate of drug-likeness (QED) is 0.531. The van der Waals surface area contributed by atoms with E-state index in [0.29, 0.717) is 6.42 Å². The molecule has 0 heterocycles. The smallest absolute Gasteiger partial charge is 0.231 e. The average Bonchev–Trinajstić information content (AvgIpc) is 2.02. The van der Waals surface area contributed by atoms with Gasteiger partial charge in [0, 0.05) is 0 Å². The molecule has 0 fully saturated rings. The summed E-state index contributed by atoms with van der Waals surface area (Å²) >= 11 is 16.6. The van der Waals surface area contributed by atoms with E-state index in [0.717, 1.165) is 12.8 Å². The van der Waals surface area contributed by atoms with E-state index in [1.807, 2.05) is 0 Å². The summed E-state index contributed by atoms with van der Waals surface area (Å²) in [5.74, 6) is 0. The topological polar surface area (TPSA) is 20.2 Å². The minimum absolute atomic E-state index is 0.572. The third-order valence-corrected chi connectivity index (χ3v) is 3.22. The molecule has 0 saturated carbocycles. The summed E-state index contributed by atoms with van der Waals surface area (Å²) in [6.45, 7) is 2.17. The highest BCUT2D eigenvalue weighted by atomic mass is 35.5. The molecule has 0 rings (SSSR count). The van der Waals surface area contributed by atoms with Crippen molar-refractivity contribution in [1.29, 1.82) is 0 Å². The highest BCUT2D eigenvalue weighted by Crippen LogP contribution is 2.29. The number of hydrogen-bond acceptors (Lipinski definition) is 1. The first-order valence-electron chi connectivity index (χ1n) is 4.72. The van der Waals surface area contributed by atoms with E-state index in [9.17, 15) is 0 Å². The molecule has 1 unspecified atom stereocenters. The largest absolute Gasteiger partial charge is 0.361 e. The van der Waals surface area contributed by atoms with E-state index < -0.39 is 9.90 Å². The van der Waals surface area contributed by atoms with Gasteiger partial charge in [0.05, 0.1) is 5.38 Å². The van der Waals surface area contributed by atoms with Gasteiger partial charge in [-0.1, -0.05) is 62.2 Å². The van der Waals surface area contributed by atoms with Crippen LogP contribution in [0, 0.1) is 0 Å². The summed E-state index contributed by atoms with van der Waals surface area (Å²) in [6.07, 6.45) is 6.44. The molecule has 0 saturated heterocycles. The third kappa shape index (κ3) is 7.87. The molecule has 0 aromatic carbocycles. The fourth-order valence-corrected chi connectivity index (χ4v) is 1.47. The maximum absolute atomic E-state index is 9.09. The number of rotatable bonds is 7. The van der Waals surface area contributed by atoms with Crippen molar-refractivity contribution in [2.75, 3.05) is 0 Å². The fraction of sp³-hybridized carbons (Fsp3) is 1.00. The van der Waals surface area contributed by atoms with Gasteiger partial charge in [-0.2, -0.15) is 0 Å². The second kappa shape index (κ2) is 7.17. The molecule has 0 aromatic rings. The van der Waals surface area contributed by atoms with Gasteiger partial charge in [-0.3, -0.25) is 0 Å². The highest BCUT2D eigenvalue weighted by molar-refractivity contribution is 6.50. The zero-order valence-corrected chi connectivity index (χ0v) is 10.2. The molecule has 0 spiro atoms. The summed E-state index contributed by atoms with van der Waals surface area (Å²) in [6, 6.07) is 0. The van der Waals surface area contributed by atoms with Gasteiger partial charge in [0.25, 0.3) is 0 Å². The Bertz CT molecular complexity index is 123. The lowest BCUT2D eigenvalue weighted by Gasteiger charge is -2.18. The summed E-state index contributed by atoms with van der Waals surface area (Å²) in [4.78, 5) is 0. The zero-order valence-electron chi connectivity index (χ0n) is 7.90.